The van der Waals surface area contributed by atoms with E-state index in [1.807, 2.05) is 25.1 Å². The Morgan fingerprint density at radius 3 is 2.48 bits per heavy atom. The topological polar surface area (TPSA) is 92.9 Å². The minimum Gasteiger partial charge on any atom is -0.494 e. The molecule has 0 bridgehead atoms. The van der Waals surface area contributed by atoms with E-state index in [0.29, 0.717) is 17.9 Å². The lowest BCUT2D eigenvalue weighted by Crippen LogP contribution is -2.32. The molecule has 1 heterocycles. The van der Waals surface area contributed by atoms with Crippen LogP contribution in [0.5, 0.6) is 5.75 Å². The van der Waals surface area contributed by atoms with Gasteiger partial charge in [0.1, 0.15) is 17.2 Å². The first-order valence-electron chi connectivity index (χ1n) is 9.83. The summed E-state index contributed by atoms with van der Waals surface area (Å²) >= 11 is 0. The maximum atomic E-state index is 12.7. The van der Waals surface area contributed by atoms with Gasteiger partial charge in [-0.05, 0) is 54.5 Å². The quantitative estimate of drug-likeness (QED) is 0.313. The highest BCUT2D eigenvalue weighted by Crippen LogP contribution is 2.15. The van der Waals surface area contributed by atoms with Gasteiger partial charge in [-0.25, -0.2) is 5.43 Å². The van der Waals surface area contributed by atoms with Gasteiger partial charge < -0.3 is 14.5 Å². The summed E-state index contributed by atoms with van der Waals surface area (Å²) in [5, 5.41) is 6.53. The molecule has 3 rings (SSSR count). The highest BCUT2D eigenvalue weighted by molar-refractivity contribution is 6.05. The van der Waals surface area contributed by atoms with Crippen molar-refractivity contribution in [2.75, 3.05) is 6.61 Å². The second kappa shape index (κ2) is 11.2. The third-order valence-corrected chi connectivity index (χ3v) is 4.09. The number of nitrogens with zero attached hydrogens (tertiary/aromatic N) is 1. The average molecular weight is 417 g/mol. The van der Waals surface area contributed by atoms with Crippen LogP contribution in [0.3, 0.4) is 0 Å². The summed E-state index contributed by atoms with van der Waals surface area (Å²) in [5.41, 5.74) is 3.60. The number of nitrogens with one attached hydrogen (secondary N) is 2. The normalized spacial score (nSPS) is 11.3. The molecular formula is C24H23N3O4. The first-order chi connectivity index (χ1) is 15.2. The van der Waals surface area contributed by atoms with Crippen LogP contribution in [0.4, 0.5) is 0 Å². The predicted octanol–water partition coefficient (Wildman–Crippen LogP) is 3.99. The predicted molar refractivity (Wildman–Crippen MR) is 119 cm³/mol. The molecule has 1 aromatic heterocycles. The van der Waals surface area contributed by atoms with Crippen molar-refractivity contribution in [2.45, 2.75) is 13.3 Å². The van der Waals surface area contributed by atoms with Crippen LogP contribution in [0.1, 0.15) is 35.0 Å². The Kier molecular flexibility index (Phi) is 7.77. The minimum absolute atomic E-state index is 0.0488. The van der Waals surface area contributed by atoms with Crippen molar-refractivity contribution in [2.24, 2.45) is 5.10 Å². The number of rotatable bonds is 9. The Morgan fingerprint density at radius 2 is 1.81 bits per heavy atom. The molecule has 0 saturated carbocycles. The number of hydrogen-bond acceptors (Lipinski definition) is 5. The fourth-order valence-corrected chi connectivity index (χ4v) is 2.57. The highest BCUT2D eigenvalue weighted by Gasteiger charge is 2.14. The fourth-order valence-electron chi connectivity index (χ4n) is 2.57. The molecule has 0 fully saturated rings. The molecule has 0 spiro atoms. The number of carbonyl (C=O) groups excluding carboxylic acids is 2. The van der Waals surface area contributed by atoms with Crippen molar-refractivity contribution in [1.82, 2.24) is 10.7 Å². The third kappa shape index (κ3) is 6.71. The van der Waals surface area contributed by atoms with E-state index < -0.39 is 11.8 Å². The Morgan fingerprint density at radius 1 is 1.03 bits per heavy atom. The zero-order chi connectivity index (χ0) is 21.9. The molecule has 0 radical (unpaired) electrons. The largest absolute Gasteiger partial charge is 0.494 e. The maximum absolute atomic E-state index is 12.7. The van der Waals surface area contributed by atoms with E-state index in [2.05, 4.69) is 15.8 Å². The Hall–Kier alpha value is -4.13. The monoisotopic (exact) mass is 417 g/mol. The van der Waals surface area contributed by atoms with E-state index in [0.717, 1.165) is 17.7 Å². The lowest BCUT2D eigenvalue weighted by atomic mass is 10.1. The van der Waals surface area contributed by atoms with Gasteiger partial charge in [0.05, 0.1) is 19.1 Å². The van der Waals surface area contributed by atoms with Crippen LogP contribution >= 0.6 is 0 Å². The van der Waals surface area contributed by atoms with Crippen molar-refractivity contribution in [3.63, 3.8) is 0 Å². The number of carbonyl (C=O) groups is 2. The zero-order valence-electron chi connectivity index (χ0n) is 17.1. The van der Waals surface area contributed by atoms with Crippen LogP contribution in [0.2, 0.25) is 0 Å². The molecule has 0 aliphatic carbocycles. The van der Waals surface area contributed by atoms with Gasteiger partial charge in [0.15, 0.2) is 0 Å². The molecule has 158 valence electrons. The maximum Gasteiger partial charge on any atom is 0.287 e. The molecule has 7 heteroatoms. The molecular weight excluding hydrogens is 394 g/mol. The fraction of sp³-hybridized carbons (Fsp3) is 0.125. The van der Waals surface area contributed by atoms with E-state index in [4.69, 9.17) is 9.15 Å². The minimum atomic E-state index is -0.571. The molecule has 2 amide bonds. The molecule has 2 N–H and O–H groups in total. The molecule has 2 aromatic carbocycles. The van der Waals surface area contributed by atoms with Crippen LogP contribution in [0.15, 0.2) is 88.2 Å². The summed E-state index contributed by atoms with van der Waals surface area (Å²) in [5.74, 6) is 0.251. The van der Waals surface area contributed by atoms with Crippen molar-refractivity contribution in [3.05, 3.63) is 95.6 Å². The van der Waals surface area contributed by atoms with Crippen molar-refractivity contribution in [1.29, 1.82) is 0 Å². The summed E-state index contributed by atoms with van der Waals surface area (Å²) < 4.78 is 10.7. The summed E-state index contributed by atoms with van der Waals surface area (Å²) in [6.45, 7) is 2.66. The number of hydrogen-bond donors (Lipinski definition) is 2. The number of benzene rings is 2. The van der Waals surface area contributed by atoms with Gasteiger partial charge in [-0.15, -0.1) is 0 Å². The number of hydrazone groups is 1. The van der Waals surface area contributed by atoms with Crippen molar-refractivity contribution >= 4 is 24.1 Å². The first-order valence-corrected chi connectivity index (χ1v) is 9.83. The van der Waals surface area contributed by atoms with E-state index in [-0.39, 0.29) is 5.70 Å². The molecule has 31 heavy (non-hydrogen) atoms. The van der Waals surface area contributed by atoms with Crippen LogP contribution in [0, 0.1) is 0 Å². The molecule has 0 aliphatic rings. The van der Waals surface area contributed by atoms with Gasteiger partial charge in [-0.2, -0.15) is 5.10 Å². The summed E-state index contributed by atoms with van der Waals surface area (Å²) in [6.07, 6.45) is 5.36. The lowest BCUT2D eigenvalue weighted by molar-refractivity contribution is -0.117. The van der Waals surface area contributed by atoms with Gasteiger partial charge in [0, 0.05) is 5.56 Å². The van der Waals surface area contributed by atoms with Gasteiger partial charge in [0.2, 0.25) is 0 Å². The van der Waals surface area contributed by atoms with Crippen molar-refractivity contribution < 1.29 is 18.7 Å². The zero-order valence-corrected chi connectivity index (χ0v) is 17.1. The highest BCUT2D eigenvalue weighted by atomic mass is 16.5. The van der Waals surface area contributed by atoms with E-state index in [9.17, 15) is 9.59 Å². The molecule has 0 atom stereocenters. The van der Waals surface area contributed by atoms with Gasteiger partial charge in [-0.3, -0.25) is 9.59 Å². The average Bonchev–Trinajstić information content (AvgIpc) is 3.32. The summed E-state index contributed by atoms with van der Waals surface area (Å²) in [6, 6.07) is 19.3. The molecule has 0 unspecified atom stereocenters. The molecule has 3 aromatic rings. The van der Waals surface area contributed by atoms with Crippen LogP contribution in [-0.4, -0.2) is 24.6 Å². The lowest BCUT2D eigenvalue weighted by Gasteiger charge is -2.09. The standard InChI is InChI=1S/C24H23N3O4/c1-2-14-30-20-12-10-18(11-13-20)16-22(26-23(28)19-7-4-3-5-8-19)24(29)27-25-17-21-9-6-15-31-21/h3-13,15-17H,2,14H2,1H3,(H,26,28)(H,27,29)/b22-16-,25-17+. The van der Waals surface area contributed by atoms with Gasteiger partial charge in [-0.1, -0.05) is 37.3 Å². The SMILES string of the molecule is CCCOc1ccc(/C=C(\NC(=O)c2ccccc2)C(=O)N/N=C/c2ccco2)cc1. The van der Waals surface area contributed by atoms with Gasteiger partial charge >= 0.3 is 0 Å². The smallest absolute Gasteiger partial charge is 0.287 e. The Bertz CT molecular complexity index is 1040. The second-order valence-electron chi connectivity index (χ2n) is 6.51. The van der Waals surface area contributed by atoms with E-state index in [1.165, 1.54) is 12.5 Å². The molecule has 0 saturated heterocycles. The first kappa shape index (κ1) is 21.6. The number of furan rings is 1. The summed E-state index contributed by atoms with van der Waals surface area (Å²) in [7, 11) is 0. The molecule has 7 nitrogen and oxygen atoms in total. The van der Waals surface area contributed by atoms with Crippen LogP contribution < -0.4 is 15.5 Å². The van der Waals surface area contributed by atoms with Crippen molar-refractivity contribution in [3.8, 4) is 5.75 Å². The van der Waals surface area contributed by atoms with E-state index in [1.54, 1.807) is 54.6 Å². The van der Waals surface area contributed by atoms with E-state index >= 15 is 0 Å². The number of amides is 2. The summed E-state index contributed by atoms with van der Waals surface area (Å²) in [4.78, 5) is 25.3. The Balaban J connectivity index is 1.78. The molecule has 0 aliphatic heterocycles. The second-order valence-corrected chi connectivity index (χ2v) is 6.51. The van der Waals surface area contributed by atoms with Crippen LogP contribution in [0.25, 0.3) is 6.08 Å². The Labute approximate surface area is 180 Å². The van der Waals surface area contributed by atoms with Gasteiger partial charge in [0.25, 0.3) is 11.8 Å². The van der Waals surface area contributed by atoms with Crippen LogP contribution in [-0.2, 0) is 4.79 Å². The third-order valence-electron chi connectivity index (χ3n) is 4.09. The number of ether oxygens (including phenoxy) is 1.